The summed E-state index contributed by atoms with van der Waals surface area (Å²) in [4.78, 5) is 16.3. The molecule has 2 aromatic heterocycles. The van der Waals surface area contributed by atoms with Crippen molar-refractivity contribution in [3.63, 3.8) is 0 Å². The third-order valence-electron chi connectivity index (χ3n) is 4.35. The number of thioether (sulfide) groups is 1. The average molecular weight is 402 g/mol. The smallest absolute Gasteiger partial charge is 0.338 e. The molecule has 0 N–H and O–H groups in total. The van der Waals surface area contributed by atoms with Gasteiger partial charge in [-0.3, -0.25) is 9.55 Å². The summed E-state index contributed by atoms with van der Waals surface area (Å²) in [5.74, 6) is 0.929. The molecule has 0 amide bonds. The highest BCUT2D eigenvalue weighted by Crippen LogP contribution is 2.30. The number of para-hydroxylation sites is 1. The zero-order valence-corrected chi connectivity index (χ0v) is 16.5. The van der Waals surface area contributed by atoms with Crippen molar-refractivity contribution in [1.29, 1.82) is 0 Å². The normalized spacial score (nSPS) is 10.7. The highest BCUT2D eigenvalue weighted by atomic mass is 32.2. The van der Waals surface area contributed by atoms with E-state index < -0.39 is 0 Å². The summed E-state index contributed by atoms with van der Waals surface area (Å²) in [5.41, 5.74) is 3.28. The first-order valence-electron chi connectivity index (χ1n) is 8.98. The average Bonchev–Trinajstić information content (AvgIpc) is 3.22. The summed E-state index contributed by atoms with van der Waals surface area (Å²) in [5, 5.41) is 9.55. The Hall–Kier alpha value is -3.45. The lowest BCUT2D eigenvalue weighted by Gasteiger charge is -2.11. The van der Waals surface area contributed by atoms with E-state index in [9.17, 15) is 4.79 Å². The summed E-state index contributed by atoms with van der Waals surface area (Å²) in [7, 11) is 1.39. The molecule has 2 heterocycles. The van der Waals surface area contributed by atoms with E-state index >= 15 is 0 Å². The van der Waals surface area contributed by atoms with Gasteiger partial charge in [-0.2, -0.15) is 0 Å². The van der Waals surface area contributed by atoms with Crippen LogP contribution in [0.3, 0.4) is 0 Å². The lowest BCUT2D eigenvalue weighted by Crippen LogP contribution is -2.05. The zero-order chi connectivity index (χ0) is 20.1. The molecule has 0 saturated heterocycles. The fourth-order valence-corrected chi connectivity index (χ4v) is 3.91. The van der Waals surface area contributed by atoms with Crippen molar-refractivity contribution in [1.82, 2.24) is 19.7 Å². The van der Waals surface area contributed by atoms with Crippen LogP contribution in [0.2, 0.25) is 0 Å². The van der Waals surface area contributed by atoms with Crippen LogP contribution in [-0.4, -0.2) is 32.8 Å². The van der Waals surface area contributed by atoms with Gasteiger partial charge in [-0.25, -0.2) is 4.79 Å². The van der Waals surface area contributed by atoms with Crippen LogP contribution >= 0.6 is 11.8 Å². The van der Waals surface area contributed by atoms with Gasteiger partial charge in [0.2, 0.25) is 0 Å². The number of rotatable bonds is 6. The summed E-state index contributed by atoms with van der Waals surface area (Å²) < 4.78 is 6.90. The Labute approximate surface area is 172 Å². The molecule has 4 rings (SSSR count). The van der Waals surface area contributed by atoms with Gasteiger partial charge in [0.25, 0.3) is 0 Å². The zero-order valence-electron chi connectivity index (χ0n) is 15.7. The molecule has 29 heavy (non-hydrogen) atoms. The summed E-state index contributed by atoms with van der Waals surface area (Å²) in [6, 6.07) is 21.2. The van der Waals surface area contributed by atoms with E-state index in [-0.39, 0.29) is 5.97 Å². The molecule has 0 unspecified atom stereocenters. The Balaban J connectivity index is 1.71. The van der Waals surface area contributed by atoms with E-state index in [0.29, 0.717) is 17.1 Å². The monoisotopic (exact) mass is 402 g/mol. The maximum atomic E-state index is 12.1. The van der Waals surface area contributed by atoms with Gasteiger partial charge < -0.3 is 4.74 Å². The Kier molecular flexibility index (Phi) is 5.67. The van der Waals surface area contributed by atoms with Gasteiger partial charge >= 0.3 is 5.97 Å². The first kappa shape index (κ1) is 18.9. The van der Waals surface area contributed by atoms with Gasteiger partial charge in [-0.05, 0) is 35.9 Å². The van der Waals surface area contributed by atoms with E-state index in [0.717, 1.165) is 22.0 Å². The fraction of sp³-hybridized carbons (Fsp3) is 0.0909. The molecule has 0 radical (unpaired) electrons. The molecular weight excluding hydrogens is 384 g/mol. The van der Waals surface area contributed by atoms with Crippen molar-refractivity contribution in [2.75, 3.05) is 7.11 Å². The minimum Gasteiger partial charge on any atom is -0.465 e. The van der Waals surface area contributed by atoms with Gasteiger partial charge in [-0.15, -0.1) is 10.2 Å². The third-order valence-corrected chi connectivity index (χ3v) is 5.32. The Bertz CT molecular complexity index is 1110. The summed E-state index contributed by atoms with van der Waals surface area (Å²) in [6.45, 7) is 0. The number of hydrogen-bond acceptors (Lipinski definition) is 6. The van der Waals surface area contributed by atoms with Gasteiger partial charge in [0.15, 0.2) is 11.0 Å². The number of methoxy groups -OCH3 is 1. The SMILES string of the molecule is COC(=O)c1ccccc1CSc1nnc(-c2cccnc2)n1-c1ccccc1. The molecular formula is C22H18N4O2S. The highest BCUT2D eigenvalue weighted by Gasteiger charge is 2.18. The minimum atomic E-state index is -0.346. The molecule has 0 aliphatic heterocycles. The minimum absolute atomic E-state index is 0.346. The van der Waals surface area contributed by atoms with Crippen LogP contribution in [0, 0.1) is 0 Å². The maximum Gasteiger partial charge on any atom is 0.338 e. The van der Waals surface area contributed by atoms with Crippen molar-refractivity contribution in [3.8, 4) is 17.1 Å². The topological polar surface area (TPSA) is 69.9 Å². The van der Waals surface area contributed by atoms with E-state index in [1.807, 2.05) is 65.2 Å². The van der Waals surface area contributed by atoms with Gasteiger partial charge in [0.05, 0.1) is 12.7 Å². The van der Waals surface area contributed by atoms with E-state index in [4.69, 9.17) is 4.74 Å². The molecule has 0 saturated carbocycles. The van der Waals surface area contributed by atoms with Gasteiger partial charge in [-0.1, -0.05) is 48.2 Å². The number of pyridine rings is 1. The fourth-order valence-electron chi connectivity index (χ4n) is 2.95. The highest BCUT2D eigenvalue weighted by molar-refractivity contribution is 7.98. The predicted octanol–water partition coefficient (Wildman–Crippen LogP) is 4.41. The summed E-state index contributed by atoms with van der Waals surface area (Å²) in [6.07, 6.45) is 3.50. The quantitative estimate of drug-likeness (QED) is 0.351. The molecule has 0 aliphatic rings. The number of benzene rings is 2. The van der Waals surface area contributed by atoms with Crippen molar-refractivity contribution >= 4 is 17.7 Å². The second-order valence-corrected chi connectivity index (χ2v) is 7.10. The van der Waals surface area contributed by atoms with Crippen LogP contribution in [0.1, 0.15) is 15.9 Å². The van der Waals surface area contributed by atoms with E-state index in [2.05, 4.69) is 15.2 Å². The van der Waals surface area contributed by atoms with Gasteiger partial charge in [0, 0.05) is 29.4 Å². The number of hydrogen-bond donors (Lipinski definition) is 0. The molecule has 144 valence electrons. The van der Waals surface area contributed by atoms with Crippen LogP contribution in [-0.2, 0) is 10.5 Å². The predicted molar refractivity (Wildman–Crippen MR) is 112 cm³/mol. The Morgan fingerprint density at radius 3 is 2.55 bits per heavy atom. The van der Waals surface area contributed by atoms with Gasteiger partial charge in [0.1, 0.15) is 0 Å². The largest absolute Gasteiger partial charge is 0.465 e. The second kappa shape index (κ2) is 8.70. The Morgan fingerprint density at radius 2 is 1.79 bits per heavy atom. The third kappa shape index (κ3) is 4.05. The standard InChI is InChI=1S/C22H18N4O2S/c1-28-21(27)19-12-6-5-8-17(19)15-29-22-25-24-20(16-9-7-13-23-14-16)26(22)18-10-3-2-4-11-18/h2-14H,15H2,1H3. The lowest BCUT2D eigenvalue weighted by atomic mass is 10.1. The molecule has 0 spiro atoms. The molecule has 4 aromatic rings. The summed E-state index contributed by atoms with van der Waals surface area (Å²) >= 11 is 1.51. The maximum absolute atomic E-state index is 12.1. The molecule has 0 atom stereocenters. The molecule has 6 nitrogen and oxygen atoms in total. The van der Waals surface area contributed by atoms with E-state index in [1.165, 1.54) is 18.9 Å². The Morgan fingerprint density at radius 1 is 1.00 bits per heavy atom. The molecule has 0 bridgehead atoms. The van der Waals surface area contributed by atoms with Crippen LogP contribution < -0.4 is 0 Å². The molecule has 2 aromatic carbocycles. The first-order valence-corrected chi connectivity index (χ1v) is 9.96. The van der Waals surface area contributed by atoms with Crippen LogP contribution in [0.15, 0.2) is 84.3 Å². The van der Waals surface area contributed by atoms with Crippen molar-refractivity contribution in [2.45, 2.75) is 10.9 Å². The molecule has 0 fully saturated rings. The van der Waals surface area contributed by atoms with Crippen molar-refractivity contribution in [2.24, 2.45) is 0 Å². The number of carbonyl (C=O) groups is 1. The number of esters is 1. The molecule has 0 aliphatic carbocycles. The number of nitrogens with zero attached hydrogens (tertiary/aromatic N) is 4. The van der Waals surface area contributed by atoms with Crippen LogP contribution in [0.5, 0.6) is 0 Å². The van der Waals surface area contributed by atoms with Crippen LogP contribution in [0.4, 0.5) is 0 Å². The number of ether oxygens (including phenoxy) is 1. The first-order chi connectivity index (χ1) is 14.3. The number of aromatic nitrogens is 4. The van der Waals surface area contributed by atoms with Crippen molar-refractivity contribution < 1.29 is 9.53 Å². The second-order valence-electron chi connectivity index (χ2n) is 6.16. The van der Waals surface area contributed by atoms with E-state index in [1.54, 1.807) is 18.5 Å². The number of carbonyl (C=O) groups excluding carboxylic acids is 1. The van der Waals surface area contributed by atoms with Crippen molar-refractivity contribution in [3.05, 3.63) is 90.3 Å². The lowest BCUT2D eigenvalue weighted by molar-refractivity contribution is 0.0600. The molecule has 7 heteroatoms. The van der Waals surface area contributed by atoms with Crippen LogP contribution in [0.25, 0.3) is 17.1 Å².